The molecule has 27 heavy (non-hydrogen) atoms. The van der Waals surface area contributed by atoms with Gasteiger partial charge in [-0.05, 0) is 57.1 Å². The van der Waals surface area contributed by atoms with E-state index in [2.05, 4.69) is 23.3 Å². The van der Waals surface area contributed by atoms with E-state index >= 15 is 0 Å². The predicted molar refractivity (Wildman–Crippen MR) is 102 cm³/mol. The Hall–Kier alpha value is -2.63. The minimum atomic E-state index is -0.128. The van der Waals surface area contributed by atoms with Gasteiger partial charge in [-0.3, -0.25) is 9.59 Å². The lowest BCUT2D eigenvalue weighted by Gasteiger charge is -2.24. The summed E-state index contributed by atoms with van der Waals surface area (Å²) in [6, 6.07) is 8.43. The van der Waals surface area contributed by atoms with Gasteiger partial charge in [-0.25, -0.2) is 4.98 Å². The highest BCUT2D eigenvalue weighted by Crippen LogP contribution is 2.34. The molecule has 1 aromatic heterocycles. The fourth-order valence-electron chi connectivity index (χ4n) is 4.35. The Labute approximate surface area is 158 Å². The molecular weight excluding hydrogens is 340 g/mol. The minimum Gasteiger partial charge on any atom is -0.348 e. The summed E-state index contributed by atoms with van der Waals surface area (Å²) in [7, 11) is 0. The second kappa shape index (κ2) is 6.22. The van der Waals surface area contributed by atoms with Gasteiger partial charge in [0.05, 0.1) is 5.69 Å². The van der Waals surface area contributed by atoms with Crippen molar-refractivity contribution < 1.29 is 9.59 Å². The van der Waals surface area contributed by atoms with Crippen molar-refractivity contribution in [1.29, 1.82) is 0 Å². The van der Waals surface area contributed by atoms with E-state index in [1.54, 1.807) is 0 Å². The Morgan fingerprint density at radius 1 is 1.19 bits per heavy atom. The number of hydrogen-bond donors (Lipinski definition) is 1. The van der Waals surface area contributed by atoms with E-state index in [-0.39, 0.29) is 23.9 Å². The van der Waals surface area contributed by atoms with Crippen molar-refractivity contribution in [3.8, 4) is 0 Å². The molecule has 0 bridgehead atoms. The lowest BCUT2D eigenvalue weighted by Crippen LogP contribution is -2.37. The average molecular weight is 364 g/mol. The quantitative estimate of drug-likeness (QED) is 0.911. The van der Waals surface area contributed by atoms with Crippen molar-refractivity contribution in [2.24, 2.45) is 0 Å². The van der Waals surface area contributed by atoms with Crippen LogP contribution in [0.3, 0.4) is 0 Å². The van der Waals surface area contributed by atoms with Crippen molar-refractivity contribution in [1.82, 2.24) is 14.9 Å². The molecule has 6 heteroatoms. The second-order valence-electron chi connectivity index (χ2n) is 7.94. The zero-order valence-corrected chi connectivity index (χ0v) is 15.6. The Morgan fingerprint density at radius 3 is 2.81 bits per heavy atom. The van der Waals surface area contributed by atoms with Crippen molar-refractivity contribution in [3.63, 3.8) is 0 Å². The van der Waals surface area contributed by atoms with Gasteiger partial charge in [0.1, 0.15) is 5.69 Å². The van der Waals surface area contributed by atoms with Crippen LogP contribution in [0.4, 0.5) is 5.69 Å². The molecule has 6 nitrogen and oxygen atoms in total. The maximum atomic E-state index is 13.5. The molecule has 0 saturated heterocycles. The first kappa shape index (κ1) is 16.5. The highest BCUT2D eigenvalue weighted by atomic mass is 16.2. The third-order valence-corrected chi connectivity index (χ3v) is 5.86. The van der Waals surface area contributed by atoms with E-state index in [1.807, 2.05) is 27.7 Å². The SMILES string of the molecule is CC1Cc2ccccc2N1C(=O)c1nc(C(=O)NC2CC2)c2n1CCCC2. The molecule has 1 unspecified atom stereocenters. The van der Waals surface area contributed by atoms with Crippen LogP contribution in [0.5, 0.6) is 0 Å². The van der Waals surface area contributed by atoms with Gasteiger partial charge >= 0.3 is 0 Å². The number of anilines is 1. The van der Waals surface area contributed by atoms with E-state index in [1.165, 1.54) is 5.56 Å². The van der Waals surface area contributed by atoms with E-state index in [0.717, 1.165) is 56.5 Å². The Balaban J connectivity index is 1.54. The Morgan fingerprint density at radius 2 is 2.00 bits per heavy atom. The molecule has 140 valence electrons. The largest absolute Gasteiger partial charge is 0.348 e. The molecule has 0 spiro atoms. The number of nitrogens with one attached hydrogen (secondary N) is 1. The van der Waals surface area contributed by atoms with Crippen molar-refractivity contribution >= 4 is 17.5 Å². The number of rotatable bonds is 3. The van der Waals surface area contributed by atoms with Crippen molar-refractivity contribution in [2.45, 2.75) is 64.1 Å². The Bertz CT molecular complexity index is 928. The van der Waals surface area contributed by atoms with Crippen molar-refractivity contribution in [2.75, 3.05) is 4.90 Å². The summed E-state index contributed by atoms with van der Waals surface area (Å²) in [5.74, 6) is 0.187. The summed E-state index contributed by atoms with van der Waals surface area (Å²) < 4.78 is 1.99. The van der Waals surface area contributed by atoms with Crippen LogP contribution in [0.2, 0.25) is 0 Å². The highest BCUT2D eigenvalue weighted by molar-refractivity contribution is 6.07. The number of amides is 2. The molecule has 1 aliphatic carbocycles. The van der Waals surface area contributed by atoms with E-state index in [4.69, 9.17) is 0 Å². The van der Waals surface area contributed by atoms with Crippen LogP contribution in [0, 0.1) is 0 Å². The maximum absolute atomic E-state index is 13.5. The van der Waals surface area contributed by atoms with E-state index < -0.39 is 0 Å². The summed E-state index contributed by atoms with van der Waals surface area (Å²) >= 11 is 0. The lowest BCUT2D eigenvalue weighted by atomic mass is 10.1. The number of carbonyl (C=O) groups excluding carboxylic acids is 2. The van der Waals surface area contributed by atoms with Gasteiger partial charge in [0.15, 0.2) is 0 Å². The van der Waals surface area contributed by atoms with Gasteiger partial charge in [-0.2, -0.15) is 0 Å². The molecule has 5 rings (SSSR count). The molecule has 2 amide bonds. The first-order chi connectivity index (χ1) is 13.1. The predicted octanol–water partition coefficient (Wildman–Crippen LogP) is 2.70. The summed E-state index contributed by atoms with van der Waals surface area (Å²) in [5.41, 5.74) is 3.52. The fourth-order valence-corrected chi connectivity index (χ4v) is 4.35. The van der Waals surface area contributed by atoms with Crippen LogP contribution in [0.25, 0.3) is 0 Å². The molecule has 1 aromatic carbocycles. The molecule has 1 fully saturated rings. The maximum Gasteiger partial charge on any atom is 0.294 e. The van der Waals surface area contributed by atoms with Crippen molar-refractivity contribution in [3.05, 3.63) is 47.0 Å². The lowest BCUT2D eigenvalue weighted by molar-refractivity contribution is 0.0945. The smallest absolute Gasteiger partial charge is 0.294 e. The van der Waals surface area contributed by atoms with Crippen LogP contribution in [0.15, 0.2) is 24.3 Å². The van der Waals surface area contributed by atoms with Crippen LogP contribution in [-0.2, 0) is 19.4 Å². The summed E-state index contributed by atoms with van der Waals surface area (Å²) in [5, 5.41) is 3.03. The first-order valence-electron chi connectivity index (χ1n) is 9.95. The molecule has 1 N–H and O–H groups in total. The topological polar surface area (TPSA) is 67.2 Å². The van der Waals surface area contributed by atoms with Crippen LogP contribution in [-0.4, -0.2) is 33.4 Å². The highest BCUT2D eigenvalue weighted by Gasteiger charge is 2.36. The molecule has 0 radical (unpaired) electrons. The van der Waals surface area contributed by atoms with Gasteiger partial charge in [0.2, 0.25) is 5.82 Å². The summed E-state index contributed by atoms with van der Waals surface area (Å²) in [6.45, 7) is 2.82. The van der Waals surface area contributed by atoms with Crippen LogP contribution < -0.4 is 10.2 Å². The number of imidazole rings is 1. The van der Waals surface area contributed by atoms with Gasteiger partial charge < -0.3 is 14.8 Å². The third-order valence-electron chi connectivity index (χ3n) is 5.86. The second-order valence-corrected chi connectivity index (χ2v) is 7.94. The average Bonchev–Trinajstić information content (AvgIpc) is 3.29. The van der Waals surface area contributed by atoms with Gasteiger partial charge in [0.25, 0.3) is 11.8 Å². The number of fused-ring (bicyclic) bond motifs is 2. The third kappa shape index (κ3) is 2.74. The minimum absolute atomic E-state index is 0.0928. The molecular formula is C21H24N4O2. The molecule has 2 aliphatic heterocycles. The van der Waals surface area contributed by atoms with Gasteiger partial charge in [-0.15, -0.1) is 0 Å². The van der Waals surface area contributed by atoms with Crippen LogP contribution >= 0.6 is 0 Å². The molecule has 3 heterocycles. The molecule has 2 aromatic rings. The number of nitrogens with zero attached hydrogens (tertiary/aromatic N) is 3. The Kier molecular flexibility index (Phi) is 3.81. The number of carbonyl (C=O) groups is 2. The zero-order chi connectivity index (χ0) is 18.5. The monoisotopic (exact) mass is 364 g/mol. The number of aromatic nitrogens is 2. The number of hydrogen-bond acceptors (Lipinski definition) is 3. The standard InChI is InChI=1S/C21H24N4O2/c1-13-12-14-6-2-3-7-16(14)25(13)21(27)19-23-18(20(26)22-15-9-10-15)17-8-4-5-11-24(17)19/h2-3,6-7,13,15H,4-5,8-12H2,1H3,(H,22,26). The number of benzene rings is 1. The van der Waals surface area contributed by atoms with E-state index in [0.29, 0.717) is 11.5 Å². The van der Waals surface area contributed by atoms with Gasteiger partial charge in [0, 0.05) is 24.3 Å². The summed E-state index contributed by atoms with van der Waals surface area (Å²) in [4.78, 5) is 32.6. The zero-order valence-electron chi connectivity index (χ0n) is 15.6. The van der Waals surface area contributed by atoms with Crippen LogP contribution in [0.1, 0.15) is 65.0 Å². The first-order valence-corrected chi connectivity index (χ1v) is 9.95. The molecule has 3 aliphatic rings. The van der Waals surface area contributed by atoms with Gasteiger partial charge in [-0.1, -0.05) is 18.2 Å². The van der Waals surface area contributed by atoms with E-state index in [9.17, 15) is 9.59 Å². The molecule has 1 atom stereocenters. The summed E-state index contributed by atoms with van der Waals surface area (Å²) in [6.07, 6.45) is 5.78. The fraction of sp³-hybridized carbons (Fsp3) is 0.476. The number of para-hydroxylation sites is 1. The molecule has 1 saturated carbocycles. The normalized spacial score (nSPS) is 20.9.